The van der Waals surface area contributed by atoms with E-state index in [-0.39, 0.29) is 23.5 Å². The summed E-state index contributed by atoms with van der Waals surface area (Å²) in [6.45, 7) is 6.96. The van der Waals surface area contributed by atoms with Crippen LogP contribution in [0.5, 0.6) is 0 Å². The third kappa shape index (κ3) is 10.0. The Morgan fingerprint density at radius 2 is 1.91 bits per heavy atom. The van der Waals surface area contributed by atoms with Gasteiger partial charge in [0.2, 0.25) is 5.95 Å². The largest absolute Gasteiger partial charge is 0.405 e. The Hall–Kier alpha value is -2.07. The quantitative estimate of drug-likeness (QED) is 0.162. The average Bonchev–Trinajstić information content (AvgIpc) is 2.73. The Kier molecular flexibility index (Phi) is 12.4. The van der Waals surface area contributed by atoms with Crippen LogP contribution in [0.2, 0.25) is 0 Å². The molecule has 0 aromatic carbocycles. The summed E-state index contributed by atoms with van der Waals surface area (Å²) < 4.78 is 37.9. The van der Waals surface area contributed by atoms with Crippen molar-refractivity contribution in [2.24, 2.45) is 5.92 Å². The molecule has 1 aromatic heterocycles. The molecule has 0 spiro atoms. The second kappa shape index (κ2) is 14.2. The summed E-state index contributed by atoms with van der Waals surface area (Å²) in [4.78, 5) is 9.30. The third-order valence-electron chi connectivity index (χ3n) is 4.59. The lowest BCUT2D eigenvalue weighted by Gasteiger charge is -2.18. The predicted octanol–water partition coefficient (Wildman–Crippen LogP) is 5.90. The van der Waals surface area contributed by atoms with Crippen LogP contribution in [-0.2, 0) is 0 Å². The number of alkyl halides is 3. The van der Waals surface area contributed by atoms with E-state index in [1.54, 1.807) is 6.92 Å². The third-order valence-corrected chi connectivity index (χ3v) is 5.53. The first-order valence-corrected chi connectivity index (χ1v) is 11.6. The van der Waals surface area contributed by atoms with Gasteiger partial charge < -0.3 is 15.7 Å². The summed E-state index contributed by atoms with van der Waals surface area (Å²) in [6.07, 6.45) is 4.74. The SMILES string of the molecule is CC/C=C\C(=C/CC)SC(=N)c1c(C)nc(NCC(F)(F)F)nc1NCC[C@H](CC)CO. The van der Waals surface area contributed by atoms with Gasteiger partial charge in [0.15, 0.2) is 0 Å². The van der Waals surface area contributed by atoms with Gasteiger partial charge in [-0.25, -0.2) is 4.98 Å². The molecule has 180 valence electrons. The lowest BCUT2D eigenvalue weighted by Crippen LogP contribution is -2.23. The molecule has 1 aromatic rings. The maximum atomic E-state index is 12.6. The normalized spacial score (nSPS) is 13.4. The number of allylic oxidation sites excluding steroid dienone is 3. The molecule has 32 heavy (non-hydrogen) atoms. The van der Waals surface area contributed by atoms with Crippen molar-refractivity contribution < 1.29 is 18.3 Å². The highest BCUT2D eigenvalue weighted by Crippen LogP contribution is 2.29. The van der Waals surface area contributed by atoms with Gasteiger partial charge in [-0.3, -0.25) is 5.41 Å². The Morgan fingerprint density at radius 1 is 1.19 bits per heavy atom. The van der Waals surface area contributed by atoms with Crippen molar-refractivity contribution in [2.75, 3.05) is 30.3 Å². The molecule has 0 unspecified atom stereocenters. The van der Waals surface area contributed by atoms with Gasteiger partial charge in [0.25, 0.3) is 0 Å². The summed E-state index contributed by atoms with van der Waals surface area (Å²) in [6, 6.07) is 0. The second-order valence-corrected chi connectivity index (χ2v) is 8.34. The van der Waals surface area contributed by atoms with Crippen molar-refractivity contribution >= 4 is 28.6 Å². The number of aliphatic hydroxyl groups excluding tert-OH is 1. The van der Waals surface area contributed by atoms with Crippen molar-refractivity contribution in [2.45, 2.75) is 59.6 Å². The van der Waals surface area contributed by atoms with Gasteiger partial charge in [-0.1, -0.05) is 57.2 Å². The number of nitrogens with zero attached hydrogens (tertiary/aromatic N) is 2. The summed E-state index contributed by atoms with van der Waals surface area (Å²) in [7, 11) is 0. The van der Waals surface area contributed by atoms with Gasteiger partial charge in [0.05, 0.1) is 11.3 Å². The zero-order chi connectivity index (χ0) is 24.1. The van der Waals surface area contributed by atoms with Gasteiger partial charge in [0.1, 0.15) is 17.4 Å². The van der Waals surface area contributed by atoms with Gasteiger partial charge in [0, 0.05) is 18.1 Å². The number of hydrogen-bond donors (Lipinski definition) is 4. The molecule has 0 amide bonds. The minimum absolute atomic E-state index is 0.0623. The molecule has 0 radical (unpaired) electrons. The maximum absolute atomic E-state index is 12.6. The highest BCUT2D eigenvalue weighted by Gasteiger charge is 2.27. The Labute approximate surface area is 192 Å². The molecule has 0 bridgehead atoms. The summed E-state index contributed by atoms with van der Waals surface area (Å²) in [5.41, 5.74) is 0.866. The lowest BCUT2D eigenvalue weighted by atomic mass is 10.0. The fraction of sp³-hybridized carbons (Fsp3) is 0.591. The first kappa shape index (κ1) is 28.0. The first-order chi connectivity index (χ1) is 15.1. The Bertz CT molecular complexity index is 793. The number of aromatic nitrogens is 2. The van der Waals surface area contributed by atoms with Crippen molar-refractivity contribution in [1.82, 2.24) is 9.97 Å². The van der Waals surface area contributed by atoms with E-state index in [9.17, 15) is 18.3 Å². The number of thioether (sulfide) groups is 1. The smallest absolute Gasteiger partial charge is 0.396 e. The highest BCUT2D eigenvalue weighted by atomic mass is 32.2. The van der Waals surface area contributed by atoms with E-state index in [1.807, 2.05) is 39.0 Å². The van der Waals surface area contributed by atoms with Crippen molar-refractivity contribution in [3.05, 3.63) is 34.4 Å². The van der Waals surface area contributed by atoms with Gasteiger partial charge in [-0.05, 0) is 32.1 Å². The van der Waals surface area contributed by atoms with Crippen LogP contribution in [0.4, 0.5) is 24.9 Å². The molecule has 0 aliphatic carbocycles. The first-order valence-electron chi connectivity index (χ1n) is 10.8. The molecule has 0 fully saturated rings. The molecular formula is C22H34F3N5OS. The fourth-order valence-corrected chi connectivity index (χ4v) is 3.79. The number of nitrogens with one attached hydrogen (secondary N) is 3. The van der Waals surface area contributed by atoms with Crippen molar-refractivity contribution in [1.29, 1.82) is 5.41 Å². The highest BCUT2D eigenvalue weighted by molar-refractivity contribution is 8.17. The molecule has 0 aliphatic heterocycles. The van der Waals surface area contributed by atoms with Crippen molar-refractivity contribution in [3.63, 3.8) is 0 Å². The number of aliphatic hydroxyl groups is 1. The minimum atomic E-state index is -4.40. The molecule has 6 nitrogen and oxygen atoms in total. The molecule has 1 atom stereocenters. The molecule has 1 rings (SSSR count). The van der Waals surface area contributed by atoms with Crippen LogP contribution in [0.15, 0.2) is 23.1 Å². The zero-order valence-electron chi connectivity index (χ0n) is 19.1. The van der Waals surface area contributed by atoms with Crippen LogP contribution in [0.25, 0.3) is 0 Å². The maximum Gasteiger partial charge on any atom is 0.405 e. The van der Waals surface area contributed by atoms with Crippen LogP contribution >= 0.6 is 11.8 Å². The molecular weight excluding hydrogens is 439 g/mol. The fourth-order valence-electron chi connectivity index (χ4n) is 2.80. The number of hydrogen-bond acceptors (Lipinski definition) is 7. The number of aryl methyl sites for hydroxylation is 1. The number of halogens is 3. The van der Waals surface area contributed by atoms with E-state index >= 15 is 0 Å². The topological polar surface area (TPSA) is 93.9 Å². The van der Waals surface area contributed by atoms with Gasteiger partial charge in [-0.15, -0.1) is 0 Å². The van der Waals surface area contributed by atoms with Crippen LogP contribution in [-0.4, -0.2) is 46.0 Å². The van der Waals surface area contributed by atoms with Crippen LogP contribution in [0, 0.1) is 18.3 Å². The summed E-state index contributed by atoms with van der Waals surface area (Å²) in [5, 5.41) is 23.6. The molecule has 0 saturated heterocycles. The monoisotopic (exact) mass is 473 g/mol. The standard InChI is InChI=1S/C22H34F3N5OS/c1-5-8-10-17(9-6-2)32-19(26)18-15(4)29-21(28-14-22(23,24)25)30-20(18)27-12-11-16(7-3)13-31/h8-10,16,26,31H,5-7,11-14H2,1-4H3,(H2,27,28,29,30)/b10-8-,17-9+,26-19?/t16-/m0/s1. The van der Waals surface area contributed by atoms with Crippen molar-refractivity contribution in [3.8, 4) is 0 Å². The van der Waals surface area contributed by atoms with E-state index in [0.29, 0.717) is 30.0 Å². The molecule has 1 heterocycles. The zero-order valence-corrected chi connectivity index (χ0v) is 20.0. The van der Waals surface area contributed by atoms with E-state index in [1.165, 1.54) is 11.8 Å². The Balaban J connectivity index is 3.20. The van der Waals surface area contributed by atoms with Gasteiger partial charge in [-0.2, -0.15) is 18.2 Å². The molecule has 0 aliphatic rings. The lowest BCUT2D eigenvalue weighted by molar-refractivity contribution is -0.115. The van der Waals surface area contributed by atoms with E-state index in [2.05, 4.69) is 20.6 Å². The number of rotatable bonds is 13. The average molecular weight is 474 g/mol. The second-order valence-electron chi connectivity index (χ2n) is 7.25. The summed E-state index contributed by atoms with van der Waals surface area (Å²) in [5.74, 6) is 0.278. The van der Waals surface area contributed by atoms with E-state index in [4.69, 9.17) is 5.41 Å². The van der Waals surface area contributed by atoms with Gasteiger partial charge >= 0.3 is 6.18 Å². The molecule has 10 heteroatoms. The van der Waals surface area contributed by atoms with E-state index in [0.717, 1.165) is 24.2 Å². The minimum Gasteiger partial charge on any atom is -0.396 e. The van der Waals surface area contributed by atoms with Crippen LogP contribution < -0.4 is 10.6 Å². The predicted molar refractivity (Wildman–Crippen MR) is 128 cm³/mol. The summed E-state index contributed by atoms with van der Waals surface area (Å²) >= 11 is 1.26. The number of anilines is 2. The molecule has 4 N–H and O–H groups in total. The molecule has 0 saturated carbocycles. The Morgan fingerprint density at radius 3 is 2.47 bits per heavy atom. The van der Waals surface area contributed by atoms with Crippen LogP contribution in [0.1, 0.15) is 57.7 Å². The van der Waals surface area contributed by atoms with Crippen LogP contribution in [0.3, 0.4) is 0 Å². The van der Waals surface area contributed by atoms with E-state index < -0.39 is 12.7 Å².